The molecular formula is C25H25N3O5S. The fourth-order valence-electron chi connectivity index (χ4n) is 3.26. The molecule has 0 aliphatic rings. The summed E-state index contributed by atoms with van der Waals surface area (Å²) in [5.74, 6) is -0.636. The van der Waals surface area contributed by atoms with Crippen molar-refractivity contribution in [3.8, 4) is 5.75 Å². The number of esters is 1. The third-order valence-electron chi connectivity index (χ3n) is 4.66. The van der Waals surface area contributed by atoms with E-state index in [2.05, 4.69) is 10.5 Å². The fourth-order valence-corrected chi connectivity index (χ4v) is 4.69. The number of benzene rings is 3. The second kappa shape index (κ2) is 10.8. The quantitative estimate of drug-likeness (QED) is 0.230. The van der Waals surface area contributed by atoms with Crippen LogP contribution in [0, 0.1) is 13.8 Å². The molecule has 1 N–H and O–H groups in total. The Morgan fingerprint density at radius 3 is 2.18 bits per heavy atom. The van der Waals surface area contributed by atoms with Crippen molar-refractivity contribution in [1.82, 2.24) is 5.43 Å². The second-order valence-electron chi connectivity index (χ2n) is 7.63. The molecule has 0 unspecified atom stereocenters. The SMILES string of the molecule is CC(=O)Oc1ccc(/C=N\NC(=O)CN(c2cc(C)cc(C)c2)S(=O)(=O)c2ccccc2)cc1. The number of carbonyl (C=O) groups excluding carboxylic acids is 2. The van der Waals surface area contributed by atoms with Gasteiger partial charge in [-0.05, 0) is 79.1 Å². The number of anilines is 1. The standard InChI is InChI=1S/C25H25N3O5S/c1-18-13-19(2)15-22(14-18)28(34(31,32)24-7-5-4-6-8-24)17-25(30)27-26-16-21-9-11-23(12-10-21)33-20(3)29/h4-16H,17H2,1-3H3,(H,27,30)/b26-16-. The Morgan fingerprint density at radius 2 is 1.59 bits per heavy atom. The van der Waals surface area contributed by atoms with Gasteiger partial charge < -0.3 is 4.74 Å². The summed E-state index contributed by atoms with van der Waals surface area (Å²) in [5.41, 5.74) is 5.16. The summed E-state index contributed by atoms with van der Waals surface area (Å²) in [7, 11) is -4.00. The largest absolute Gasteiger partial charge is 0.427 e. The summed E-state index contributed by atoms with van der Waals surface area (Å²) < 4.78 is 32.8. The van der Waals surface area contributed by atoms with Crippen LogP contribution in [0.1, 0.15) is 23.6 Å². The van der Waals surface area contributed by atoms with Crippen molar-refractivity contribution >= 4 is 33.8 Å². The lowest BCUT2D eigenvalue weighted by Crippen LogP contribution is -2.39. The first kappa shape index (κ1) is 24.7. The van der Waals surface area contributed by atoms with E-state index in [1.165, 1.54) is 25.3 Å². The Kier molecular flexibility index (Phi) is 7.80. The molecule has 0 aromatic heterocycles. The van der Waals surface area contributed by atoms with Crippen molar-refractivity contribution < 1.29 is 22.7 Å². The zero-order chi connectivity index (χ0) is 24.7. The number of amides is 1. The minimum Gasteiger partial charge on any atom is -0.427 e. The fraction of sp³-hybridized carbons (Fsp3) is 0.160. The van der Waals surface area contributed by atoms with Crippen LogP contribution >= 0.6 is 0 Å². The average molecular weight is 480 g/mol. The van der Waals surface area contributed by atoms with Gasteiger partial charge in [-0.25, -0.2) is 13.8 Å². The molecule has 9 heteroatoms. The van der Waals surface area contributed by atoms with Crippen LogP contribution in [0.15, 0.2) is 82.8 Å². The number of aryl methyl sites for hydroxylation is 2. The minimum absolute atomic E-state index is 0.0818. The smallest absolute Gasteiger partial charge is 0.308 e. The molecule has 0 fully saturated rings. The number of ether oxygens (including phenoxy) is 1. The summed E-state index contributed by atoms with van der Waals surface area (Å²) in [5, 5.41) is 3.91. The van der Waals surface area contributed by atoms with E-state index in [1.807, 2.05) is 19.9 Å². The molecule has 3 aromatic rings. The van der Waals surface area contributed by atoms with E-state index >= 15 is 0 Å². The molecule has 0 atom stereocenters. The molecule has 8 nitrogen and oxygen atoms in total. The summed E-state index contributed by atoms with van der Waals surface area (Å²) >= 11 is 0. The predicted molar refractivity (Wildman–Crippen MR) is 130 cm³/mol. The molecule has 176 valence electrons. The Hall–Kier alpha value is -3.98. The van der Waals surface area contributed by atoms with Crippen LogP contribution in [-0.4, -0.2) is 33.1 Å². The van der Waals surface area contributed by atoms with E-state index in [9.17, 15) is 18.0 Å². The molecule has 0 saturated carbocycles. The highest BCUT2D eigenvalue weighted by atomic mass is 32.2. The van der Waals surface area contributed by atoms with E-state index in [4.69, 9.17) is 4.74 Å². The normalized spacial score (nSPS) is 11.3. The Bertz CT molecular complexity index is 1280. The maximum Gasteiger partial charge on any atom is 0.308 e. The van der Waals surface area contributed by atoms with Gasteiger partial charge in [-0.1, -0.05) is 24.3 Å². The lowest BCUT2D eigenvalue weighted by Gasteiger charge is -2.24. The van der Waals surface area contributed by atoms with Crippen LogP contribution in [-0.2, 0) is 19.6 Å². The third-order valence-corrected chi connectivity index (χ3v) is 6.45. The molecule has 0 aliphatic heterocycles. The monoisotopic (exact) mass is 479 g/mol. The van der Waals surface area contributed by atoms with Crippen LogP contribution in [0.3, 0.4) is 0 Å². The molecular weight excluding hydrogens is 454 g/mol. The van der Waals surface area contributed by atoms with Crippen LogP contribution in [0.25, 0.3) is 0 Å². The highest BCUT2D eigenvalue weighted by Gasteiger charge is 2.27. The maximum absolute atomic E-state index is 13.4. The van der Waals surface area contributed by atoms with Crippen LogP contribution in [0.5, 0.6) is 5.75 Å². The second-order valence-corrected chi connectivity index (χ2v) is 9.49. The maximum atomic E-state index is 13.4. The van der Waals surface area contributed by atoms with Crippen molar-refractivity contribution in [2.75, 3.05) is 10.8 Å². The predicted octanol–water partition coefficient (Wildman–Crippen LogP) is 3.57. The van der Waals surface area contributed by atoms with Gasteiger partial charge in [0.2, 0.25) is 0 Å². The number of sulfonamides is 1. The van der Waals surface area contributed by atoms with E-state index in [0.717, 1.165) is 15.4 Å². The van der Waals surface area contributed by atoms with E-state index in [1.54, 1.807) is 54.6 Å². The van der Waals surface area contributed by atoms with Crippen LogP contribution < -0.4 is 14.5 Å². The summed E-state index contributed by atoms with van der Waals surface area (Å²) in [4.78, 5) is 23.7. The molecule has 0 heterocycles. The van der Waals surface area contributed by atoms with Gasteiger partial charge in [-0.15, -0.1) is 0 Å². The van der Waals surface area contributed by atoms with Gasteiger partial charge in [0.15, 0.2) is 0 Å². The number of nitrogens with zero attached hydrogens (tertiary/aromatic N) is 2. The van der Waals surface area contributed by atoms with Gasteiger partial charge in [0.25, 0.3) is 15.9 Å². The highest BCUT2D eigenvalue weighted by molar-refractivity contribution is 7.92. The number of hydrogen-bond donors (Lipinski definition) is 1. The van der Waals surface area contributed by atoms with Crippen LogP contribution in [0.2, 0.25) is 0 Å². The van der Waals surface area contributed by atoms with Gasteiger partial charge in [0.1, 0.15) is 12.3 Å². The molecule has 0 spiro atoms. The highest BCUT2D eigenvalue weighted by Crippen LogP contribution is 2.25. The van der Waals surface area contributed by atoms with Gasteiger partial charge in [0.05, 0.1) is 16.8 Å². The molecule has 3 aromatic carbocycles. The average Bonchev–Trinajstić information content (AvgIpc) is 2.78. The third kappa shape index (κ3) is 6.52. The van der Waals surface area contributed by atoms with Gasteiger partial charge >= 0.3 is 5.97 Å². The number of hydrogen-bond acceptors (Lipinski definition) is 6. The number of carbonyl (C=O) groups is 2. The molecule has 0 aliphatic carbocycles. The van der Waals surface area contributed by atoms with E-state index in [-0.39, 0.29) is 4.90 Å². The van der Waals surface area contributed by atoms with Gasteiger partial charge in [-0.3, -0.25) is 13.9 Å². The number of nitrogens with one attached hydrogen (secondary N) is 1. The number of rotatable bonds is 8. The first-order chi connectivity index (χ1) is 16.1. The molecule has 34 heavy (non-hydrogen) atoms. The van der Waals surface area contributed by atoms with Crippen molar-refractivity contribution in [2.45, 2.75) is 25.7 Å². The Balaban J connectivity index is 1.79. The molecule has 3 rings (SSSR count). The van der Waals surface area contributed by atoms with E-state index < -0.39 is 28.4 Å². The van der Waals surface area contributed by atoms with Crippen molar-refractivity contribution in [2.24, 2.45) is 5.10 Å². The molecule has 0 bridgehead atoms. The summed E-state index contributed by atoms with van der Waals surface area (Å²) in [6.45, 7) is 4.58. The first-order valence-electron chi connectivity index (χ1n) is 10.4. The first-order valence-corrected chi connectivity index (χ1v) is 11.9. The van der Waals surface area contributed by atoms with Crippen molar-refractivity contribution in [3.05, 3.63) is 89.5 Å². The Labute approximate surface area is 198 Å². The van der Waals surface area contributed by atoms with Crippen molar-refractivity contribution in [3.63, 3.8) is 0 Å². The summed E-state index contributed by atoms with van der Waals surface area (Å²) in [6, 6.07) is 19.8. The van der Waals surface area contributed by atoms with Gasteiger partial charge in [0, 0.05) is 6.92 Å². The molecule has 0 radical (unpaired) electrons. The molecule has 0 saturated heterocycles. The summed E-state index contributed by atoms with van der Waals surface area (Å²) in [6.07, 6.45) is 1.41. The van der Waals surface area contributed by atoms with Crippen molar-refractivity contribution in [1.29, 1.82) is 0 Å². The zero-order valence-corrected chi connectivity index (χ0v) is 19.9. The zero-order valence-electron chi connectivity index (χ0n) is 19.1. The minimum atomic E-state index is -4.00. The van der Waals surface area contributed by atoms with Crippen LogP contribution in [0.4, 0.5) is 5.69 Å². The topological polar surface area (TPSA) is 105 Å². The lowest BCUT2D eigenvalue weighted by atomic mass is 10.1. The lowest BCUT2D eigenvalue weighted by molar-refractivity contribution is -0.131. The molecule has 1 amide bonds. The van der Waals surface area contributed by atoms with Gasteiger partial charge in [-0.2, -0.15) is 5.10 Å². The van der Waals surface area contributed by atoms with E-state index in [0.29, 0.717) is 17.0 Å². The number of hydrazone groups is 1. The Morgan fingerprint density at radius 1 is 0.971 bits per heavy atom.